The number of carbonyl (C=O) groups is 1. The summed E-state index contributed by atoms with van der Waals surface area (Å²) >= 11 is 1.35. The van der Waals surface area contributed by atoms with Crippen LogP contribution in [0.2, 0.25) is 0 Å². The molecule has 0 saturated heterocycles. The smallest absolute Gasteiger partial charge is 0.178 e. The van der Waals surface area contributed by atoms with E-state index in [9.17, 15) is 4.79 Å². The molecule has 0 aliphatic rings. The van der Waals surface area contributed by atoms with Crippen molar-refractivity contribution in [3.63, 3.8) is 0 Å². The van der Waals surface area contributed by atoms with Crippen LogP contribution in [0.3, 0.4) is 0 Å². The van der Waals surface area contributed by atoms with Crippen molar-refractivity contribution in [1.82, 2.24) is 4.98 Å². The number of thiazole rings is 1. The molecule has 0 amide bonds. The Bertz CT molecular complexity index is 575. The molecular formula is C14H15NO2S. The maximum atomic E-state index is 10.7. The van der Waals surface area contributed by atoms with Gasteiger partial charge in [0, 0.05) is 10.9 Å². The van der Waals surface area contributed by atoms with Crippen LogP contribution in [0.4, 0.5) is 0 Å². The van der Waals surface area contributed by atoms with E-state index in [4.69, 9.17) is 4.74 Å². The number of hydrogen-bond acceptors (Lipinski definition) is 4. The molecule has 4 heteroatoms. The summed E-state index contributed by atoms with van der Waals surface area (Å²) in [6.07, 6.45) is 0.775. The SMILES string of the molecule is CCOc1c(C)cc(C)cc1-c1csc(C=O)n1. The van der Waals surface area contributed by atoms with Gasteiger partial charge in [0.15, 0.2) is 11.3 Å². The first kappa shape index (κ1) is 12.8. The van der Waals surface area contributed by atoms with Gasteiger partial charge in [0.1, 0.15) is 5.75 Å². The second-order valence-corrected chi connectivity index (χ2v) is 4.97. The van der Waals surface area contributed by atoms with E-state index in [-0.39, 0.29) is 0 Å². The fourth-order valence-corrected chi connectivity index (χ4v) is 2.56. The lowest BCUT2D eigenvalue weighted by atomic mass is 10.0. The highest BCUT2D eigenvalue weighted by Gasteiger charge is 2.13. The van der Waals surface area contributed by atoms with E-state index in [0.717, 1.165) is 34.4 Å². The van der Waals surface area contributed by atoms with Crippen molar-refractivity contribution < 1.29 is 9.53 Å². The molecular weight excluding hydrogens is 246 g/mol. The van der Waals surface area contributed by atoms with Crippen LogP contribution in [0, 0.1) is 13.8 Å². The molecule has 0 spiro atoms. The Morgan fingerprint density at radius 2 is 2.17 bits per heavy atom. The van der Waals surface area contributed by atoms with Gasteiger partial charge in [0.25, 0.3) is 0 Å². The predicted molar refractivity (Wildman–Crippen MR) is 73.6 cm³/mol. The summed E-state index contributed by atoms with van der Waals surface area (Å²) in [5.74, 6) is 0.853. The minimum atomic E-state index is 0.492. The predicted octanol–water partition coefficient (Wildman–Crippen LogP) is 3.64. The molecule has 2 rings (SSSR count). The van der Waals surface area contributed by atoms with Crippen LogP contribution >= 0.6 is 11.3 Å². The van der Waals surface area contributed by atoms with Gasteiger partial charge in [0.2, 0.25) is 0 Å². The number of rotatable bonds is 4. The van der Waals surface area contributed by atoms with E-state index in [0.29, 0.717) is 11.6 Å². The van der Waals surface area contributed by atoms with Gasteiger partial charge < -0.3 is 4.74 Å². The zero-order valence-electron chi connectivity index (χ0n) is 10.7. The van der Waals surface area contributed by atoms with Gasteiger partial charge in [-0.1, -0.05) is 6.07 Å². The zero-order chi connectivity index (χ0) is 13.1. The molecule has 0 aliphatic carbocycles. The van der Waals surface area contributed by atoms with Crippen molar-refractivity contribution in [1.29, 1.82) is 0 Å². The highest BCUT2D eigenvalue weighted by atomic mass is 32.1. The molecule has 0 unspecified atom stereocenters. The Balaban J connectivity index is 2.57. The van der Waals surface area contributed by atoms with E-state index in [1.807, 2.05) is 32.2 Å². The lowest BCUT2D eigenvalue weighted by molar-refractivity contribution is 0.112. The molecule has 0 fully saturated rings. The Hall–Kier alpha value is -1.68. The monoisotopic (exact) mass is 261 g/mol. The molecule has 0 aliphatic heterocycles. The number of carbonyl (C=O) groups excluding carboxylic acids is 1. The standard InChI is InChI=1S/C14H15NO2S/c1-4-17-14-10(3)5-9(2)6-11(14)12-8-18-13(7-16)15-12/h5-8H,4H2,1-3H3. The van der Waals surface area contributed by atoms with Crippen molar-refractivity contribution in [2.75, 3.05) is 6.61 Å². The van der Waals surface area contributed by atoms with Gasteiger partial charge in [-0.2, -0.15) is 0 Å². The number of hydrogen-bond donors (Lipinski definition) is 0. The Labute approximate surface area is 110 Å². The maximum absolute atomic E-state index is 10.7. The van der Waals surface area contributed by atoms with Crippen LogP contribution in [-0.2, 0) is 0 Å². The average molecular weight is 261 g/mol. The molecule has 0 N–H and O–H groups in total. The lowest BCUT2D eigenvalue weighted by Crippen LogP contribution is -1.98. The summed E-state index contributed by atoms with van der Waals surface area (Å²) in [5, 5.41) is 2.38. The lowest BCUT2D eigenvalue weighted by Gasteiger charge is -2.12. The molecule has 0 radical (unpaired) electrons. The molecule has 0 bridgehead atoms. The average Bonchev–Trinajstić information content (AvgIpc) is 2.81. The number of aryl methyl sites for hydroxylation is 2. The number of nitrogens with zero attached hydrogens (tertiary/aromatic N) is 1. The number of benzene rings is 1. The molecule has 0 atom stereocenters. The number of aldehydes is 1. The van der Waals surface area contributed by atoms with Gasteiger partial charge in [-0.15, -0.1) is 11.3 Å². The van der Waals surface area contributed by atoms with Crippen LogP contribution in [0.25, 0.3) is 11.3 Å². The summed E-state index contributed by atoms with van der Waals surface area (Å²) in [6, 6.07) is 4.13. The molecule has 3 nitrogen and oxygen atoms in total. The first-order valence-corrected chi connectivity index (χ1v) is 6.68. The second-order valence-electron chi connectivity index (χ2n) is 4.08. The maximum Gasteiger partial charge on any atom is 0.178 e. The Morgan fingerprint density at radius 1 is 1.39 bits per heavy atom. The van der Waals surface area contributed by atoms with Gasteiger partial charge in [-0.25, -0.2) is 4.98 Å². The molecule has 1 aromatic carbocycles. The molecule has 2 aromatic rings. The summed E-state index contributed by atoms with van der Waals surface area (Å²) in [4.78, 5) is 15.0. The van der Waals surface area contributed by atoms with Crippen molar-refractivity contribution in [3.05, 3.63) is 33.6 Å². The van der Waals surface area contributed by atoms with Crippen LogP contribution in [0.15, 0.2) is 17.5 Å². The van der Waals surface area contributed by atoms with Gasteiger partial charge in [-0.3, -0.25) is 4.79 Å². The summed E-state index contributed by atoms with van der Waals surface area (Å²) < 4.78 is 5.70. The first-order chi connectivity index (χ1) is 8.65. The Morgan fingerprint density at radius 3 is 2.78 bits per heavy atom. The Kier molecular flexibility index (Phi) is 3.77. The third-order valence-electron chi connectivity index (χ3n) is 2.61. The second kappa shape index (κ2) is 5.31. The fraction of sp³-hybridized carbons (Fsp3) is 0.286. The fourth-order valence-electron chi connectivity index (χ4n) is 1.95. The molecule has 18 heavy (non-hydrogen) atoms. The van der Waals surface area contributed by atoms with E-state index in [1.165, 1.54) is 11.3 Å². The van der Waals surface area contributed by atoms with Crippen LogP contribution in [0.1, 0.15) is 27.9 Å². The highest BCUT2D eigenvalue weighted by Crippen LogP contribution is 2.34. The highest BCUT2D eigenvalue weighted by molar-refractivity contribution is 7.11. The molecule has 1 heterocycles. The van der Waals surface area contributed by atoms with Crippen molar-refractivity contribution >= 4 is 17.6 Å². The van der Waals surface area contributed by atoms with Gasteiger partial charge >= 0.3 is 0 Å². The quantitative estimate of drug-likeness (QED) is 0.789. The topological polar surface area (TPSA) is 39.2 Å². The minimum absolute atomic E-state index is 0.492. The summed E-state index contributed by atoms with van der Waals surface area (Å²) in [7, 11) is 0. The van der Waals surface area contributed by atoms with E-state index in [1.54, 1.807) is 0 Å². The first-order valence-electron chi connectivity index (χ1n) is 5.80. The third-order valence-corrected chi connectivity index (χ3v) is 3.38. The largest absolute Gasteiger partial charge is 0.493 e. The zero-order valence-corrected chi connectivity index (χ0v) is 11.5. The van der Waals surface area contributed by atoms with Crippen molar-refractivity contribution in [3.8, 4) is 17.0 Å². The summed E-state index contributed by atoms with van der Waals surface area (Å²) in [6.45, 7) is 6.64. The molecule has 0 saturated carbocycles. The molecule has 94 valence electrons. The normalized spacial score (nSPS) is 10.4. The summed E-state index contributed by atoms with van der Waals surface area (Å²) in [5.41, 5.74) is 4.01. The minimum Gasteiger partial charge on any atom is -0.493 e. The van der Waals surface area contributed by atoms with Gasteiger partial charge in [-0.05, 0) is 38.0 Å². The van der Waals surface area contributed by atoms with Crippen molar-refractivity contribution in [2.45, 2.75) is 20.8 Å². The van der Waals surface area contributed by atoms with Crippen LogP contribution in [0.5, 0.6) is 5.75 Å². The van der Waals surface area contributed by atoms with Crippen LogP contribution in [-0.4, -0.2) is 17.9 Å². The number of aromatic nitrogens is 1. The van der Waals surface area contributed by atoms with E-state index in [2.05, 4.69) is 11.1 Å². The van der Waals surface area contributed by atoms with Crippen molar-refractivity contribution in [2.24, 2.45) is 0 Å². The van der Waals surface area contributed by atoms with E-state index >= 15 is 0 Å². The third kappa shape index (κ3) is 2.43. The number of ether oxygens (including phenoxy) is 1. The molecule has 1 aromatic heterocycles. The van der Waals surface area contributed by atoms with Crippen LogP contribution < -0.4 is 4.74 Å². The van der Waals surface area contributed by atoms with Gasteiger partial charge in [0.05, 0.1) is 12.3 Å². The van der Waals surface area contributed by atoms with E-state index < -0.39 is 0 Å².